The topological polar surface area (TPSA) is 84.2 Å². The van der Waals surface area contributed by atoms with Crippen LogP contribution in [0.2, 0.25) is 10.0 Å². The number of rotatable bonds is 8. The standard InChI is InChI=1S/C29H27Cl2N3O3/c1-17-5-4-6-22(13-17)28-18(2)27(23-14-24(30)16-25(31)15-23)33-34(28)19(3)20-7-9-21(10-8-20)29(37)32-12-11-26(35)36/h4-10,13-16,19H,11-12H2,1-3H3,(H,32,37)(H,35,36). The molecule has 1 heterocycles. The van der Waals surface area contributed by atoms with E-state index < -0.39 is 5.97 Å². The molecule has 0 aliphatic rings. The van der Waals surface area contributed by atoms with E-state index >= 15 is 0 Å². The molecule has 0 radical (unpaired) electrons. The number of hydrogen-bond donors (Lipinski definition) is 2. The van der Waals surface area contributed by atoms with Crippen molar-refractivity contribution in [3.05, 3.63) is 99.0 Å². The monoisotopic (exact) mass is 535 g/mol. The maximum Gasteiger partial charge on any atom is 0.305 e. The zero-order valence-corrected chi connectivity index (χ0v) is 22.3. The molecule has 6 nitrogen and oxygen atoms in total. The van der Waals surface area contributed by atoms with Gasteiger partial charge in [-0.25, -0.2) is 0 Å². The van der Waals surface area contributed by atoms with Gasteiger partial charge < -0.3 is 10.4 Å². The van der Waals surface area contributed by atoms with E-state index in [1.165, 1.54) is 0 Å². The van der Waals surface area contributed by atoms with E-state index in [9.17, 15) is 9.59 Å². The first-order chi connectivity index (χ1) is 17.6. The van der Waals surface area contributed by atoms with Crippen LogP contribution in [0.25, 0.3) is 22.5 Å². The van der Waals surface area contributed by atoms with Crippen molar-refractivity contribution in [1.29, 1.82) is 0 Å². The highest BCUT2D eigenvalue weighted by molar-refractivity contribution is 6.35. The summed E-state index contributed by atoms with van der Waals surface area (Å²) in [7, 11) is 0. The molecule has 1 atom stereocenters. The Labute approximate surface area is 225 Å². The molecule has 0 saturated heterocycles. The fraction of sp³-hybridized carbons (Fsp3) is 0.207. The Morgan fingerprint density at radius 2 is 1.65 bits per heavy atom. The smallest absolute Gasteiger partial charge is 0.305 e. The van der Waals surface area contributed by atoms with E-state index in [0.717, 1.165) is 39.2 Å². The summed E-state index contributed by atoms with van der Waals surface area (Å²) >= 11 is 12.6. The predicted molar refractivity (Wildman–Crippen MR) is 147 cm³/mol. The Hall–Kier alpha value is -3.61. The van der Waals surface area contributed by atoms with Gasteiger partial charge in [-0.3, -0.25) is 14.3 Å². The fourth-order valence-electron chi connectivity index (χ4n) is 4.34. The minimum atomic E-state index is -0.956. The van der Waals surface area contributed by atoms with E-state index in [4.69, 9.17) is 33.4 Å². The number of aryl methyl sites for hydroxylation is 1. The van der Waals surface area contributed by atoms with Crippen LogP contribution in [-0.2, 0) is 4.79 Å². The van der Waals surface area contributed by atoms with E-state index in [1.807, 2.05) is 41.9 Å². The predicted octanol–water partition coefficient (Wildman–Crippen LogP) is 6.95. The number of benzene rings is 3. The molecule has 4 aromatic rings. The number of aromatic nitrogens is 2. The summed E-state index contributed by atoms with van der Waals surface area (Å²) in [5, 5.41) is 17.5. The maximum atomic E-state index is 12.4. The van der Waals surface area contributed by atoms with Gasteiger partial charge in [-0.1, -0.05) is 59.1 Å². The van der Waals surface area contributed by atoms with Gasteiger partial charge in [0.05, 0.1) is 23.9 Å². The number of nitrogens with one attached hydrogen (secondary N) is 1. The van der Waals surface area contributed by atoms with E-state index in [2.05, 4.69) is 37.4 Å². The summed E-state index contributed by atoms with van der Waals surface area (Å²) in [6.45, 7) is 6.24. The molecule has 0 aliphatic heterocycles. The Morgan fingerprint density at radius 3 is 2.27 bits per heavy atom. The number of hydrogen-bond acceptors (Lipinski definition) is 3. The zero-order chi connectivity index (χ0) is 26.7. The second kappa shape index (κ2) is 11.2. The van der Waals surface area contributed by atoms with Crippen LogP contribution in [0.1, 0.15) is 46.4 Å². The molecule has 0 aliphatic carbocycles. The second-order valence-electron chi connectivity index (χ2n) is 8.99. The van der Waals surface area contributed by atoms with Gasteiger partial charge in [0.1, 0.15) is 0 Å². The molecule has 0 bridgehead atoms. The highest BCUT2D eigenvalue weighted by Gasteiger charge is 2.22. The van der Waals surface area contributed by atoms with Crippen LogP contribution in [0.15, 0.2) is 66.7 Å². The highest BCUT2D eigenvalue weighted by atomic mass is 35.5. The van der Waals surface area contributed by atoms with Crippen molar-refractivity contribution < 1.29 is 14.7 Å². The molecule has 0 spiro atoms. The van der Waals surface area contributed by atoms with Crippen molar-refractivity contribution in [2.24, 2.45) is 0 Å². The molecule has 8 heteroatoms. The van der Waals surface area contributed by atoms with Crippen LogP contribution in [-0.4, -0.2) is 33.3 Å². The fourth-order valence-corrected chi connectivity index (χ4v) is 4.87. The maximum absolute atomic E-state index is 12.4. The second-order valence-corrected chi connectivity index (χ2v) is 9.86. The first-order valence-electron chi connectivity index (χ1n) is 11.9. The number of carbonyl (C=O) groups is 2. The SMILES string of the molecule is Cc1cccc(-c2c(C)c(-c3cc(Cl)cc(Cl)c3)nn2C(C)c2ccc(C(=O)NCCC(=O)O)cc2)c1. The molecule has 2 N–H and O–H groups in total. The summed E-state index contributed by atoms with van der Waals surface area (Å²) < 4.78 is 2.00. The molecular weight excluding hydrogens is 509 g/mol. The van der Waals surface area contributed by atoms with E-state index in [1.54, 1.807) is 18.2 Å². The van der Waals surface area contributed by atoms with Crippen molar-refractivity contribution in [3.63, 3.8) is 0 Å². The van der Waals surface area contributed by atoms with Gasteiger partial charge in [0.25, 0.3) is 5.91 Å². The van der Waals surface area contributed by atoms with Crippen LogP contribution >= 0.6 is 23.2 Å². The third kappa shape index (κ3) is 6.04. The van der Waals surface area contributed by atoms with Crippen molar-refractivity contribution in [2.75, 3.05) is 6.54 Å². The largest absolute Gasteiger partial charge is 0.481 e. The lowest BCUT2D eigenvalue weighted by Gasteiger charge is -2.18. The molecule has 1 aromatic heterocycles. The van der Waals surface area contributed by atoms with Gasteiger partial charge in [0.2, 0.25) is 0 Å². The van der Waals surface area contributed by atoms with Crippen molar-refractivity contribution in [3.8, 4) is 22.5 Å². The molecule has 0 fully saturated rings. The van der Waals surface area contributed by atoms with Gasteiger partial charge in [-0.05, 0) is 62.7 Å². The minimum Gasteiger partial charge on any atom is -0.481 e. The molecule has 0 saturated carbocycles. The Morgan fingerprint density at radius 1 is 0.973 bits per heavy atom. The Bertz CT molecular complexity index is 1440. The lowest BCUT2D eigenvalue weighted by molar-refractivity contribution is -0.136. The normalized spacial score (nSPS) is 11.8. The summed E-state index contributed by atoms with van der Waals surface area (Å²) in [4.78, 5) is 23.1. The molecule has 3 aromatic carbocycles. The lowest BCUT2D eigenvalue weighted by atomic mass is 10.0. The molecule has 1 unspecified atom stereocenters. The molecule has 1 amide bonds. The van der Waals surface area contributed by atoms with Crippen LogP contribution < -0.4 is 5.32 Å². The van der Waals surface area contributed by atoms with Gasteiger partial charge in [0.15, 0.2) is 0 Å². The molecule has 37 heavy (non-hydrogen) atoms. The summed E-state index contributed by atoms with van der Waals surface area (Å²) in [5.41, 5.74) is 7.24. The van der Waals surface area contributed by atoms with Crippen molar-refractivity contribution in [2.45, 2.75) is 33.2 Å². The zero-order valence-electron chi connectivity index (χ0n) is 20.8. The first kappa shape index (κ1) is 26.5. The van der Waals surface area contributed by atoms with E-state index in [-0.39, 0.29) is 24.9 Å². The lowest BCUT2D eigenvalue weighted by Crippen LogP contribution is -2.26. The number of carboxylic acid groups (broad SMARTS) is 1. The minimum absolute atomic E-state index is 0.0784. The summed E-state index contributed by atoms with van der Waals surface area (Å²) in [6, 6.07) is 20.8. The number of aliphatic carboxylic acids is 1. The Balaban J connectivity index is 1.73. The molecule has 4 rings (SSSR count). The van der Waals surface area contributed by atoms with Crippen molar-refractivity contribution in [1.82, 2.24) is 15.1 Å². The number of carboxylic acids is 1. The average molecular weight is 536 g/mol. The van der Waals surface area contributed by atoms with Gasteiger partial charge >= 0.3 is 5.97 Å². The quantitative estimate of drug-likeness (QED) is 0.255. The van der Waals surface area contributed by atoms with Crippen molar-refractivity contribution >= 4 is 35.1 Å². The average Bonchev–Trinajstić information content (AvgIpc) is 3.20. The van der Waals surface area contributed by atoms with Crippen LogP contribution in [0.5, 0.6) is 0 Å². The third-order valence-electron chi connectivity index (χ3n) is 6.22. The molecule has 190 valence electrons. The highest BCUT2D eigenvalue weighted by Crippen LogP contribution is 2.37. The summed E-state index contributed by atoms with van der Waals surface area (Å²) in [5.74, 6) is -1.27. The molecular formula is C29H27Cl2N3O3. The van der Waals surface area contributed by atoms with Crippen LogP contribution in [0, 0.1) is 13.8 Å². The number of halogens is 2. The first-order valence-corrected chi connectivity index (χ1v) is 12.6. The Kier molecular flexibility index (Phi) is 8.00. The van der Waals surface area contributed by atoms with Gasteiger partial charge in [0, 0.05) is 38.8 Å². The van der Waals surface area contributed by atoms with Crippen LogP contribution in [0.3, 0.4) is 0 Å². The van der Waals surface area contributed by atoms with E-state index in [0.29, 0.717) is 15.6 Å². The third-order valence-corrected chi connectivity index (χ3v) is 6.66. The number of amides is 1. The van der Waals surface area contributed by atoms with Gasteiger partial charge in [-0.15, -0.1) is 0 Å². The number of carbonyl (C=O) groups excluding carboxylic acids is 1. The van der Waals surface area contributed by atoms with Crippen LogP contribution in [0.4, 0.5) is 0 Å². The van der Waals surface area contributed by atoms with Gasteiger partial charge in [-0.2, -0.15) is 5.10 Å². The summed E-state index contributed by atoms with van der Waals surface area (Å²) in [6.07, 6.45) is -0.124. The number of nitrogens with zero attached hydrogens (tertiary/aromatic N) is 2.